The van der Waals surface area contributed by atoms with Crippen molar-refractivity contribution >= 4 is 65.2 Å². The van der Waals surface area contributed by atoms with Crippen LogP contribution < -0.4 is 0 Å². The van der Waals surface area contributed by atoms with Gasteiger partial charge in [-0.25, -0.2) is 15.0 Å². The molecule has 0 fully saturated rings. The molecule has 4 heteroatoms. The smallest absolute Gasteiger partial charge is 0.160 e. The molecule has 0 N–H and O–H groups in total. The van der Waals surface area contributed by atoms with Crippen LogP contribution in [0.4, 0.5) is 0 Å². The number of benzene rings is 9. The zero-order chi connectivity index (χ0) is 38.9. The molecule has 0 saturated heterocycles. The summed E-state index contributed by atoms with van der Waals surface area (Å²) in [6.07, 6.45) is 0. The quantitative estimate of drug-likeness (QED) is 0.164. The number of aromatic nitrogens is 3. The third kappa shape index (κ3) is 5.42. The van der Waals surface area contributed by atoms with E-state index in [2.05, 4.69) is 152 Å². The molecular weight excluding hydrogens is 719 g/mol. The predicted octanol–water partition coefficient (Wildman–Crippen LogP) is 14.7. The maximum atomic E-state index is 6.75. The summed E-state index contributed by atoms with van der Waals surface area (Å²) in [6, 6.07) is 70.1. The van der Waals surface area contributed by atoms with Gasteiger partial charge in [-0.3, -0.25) is 0 Å². The van der Waals surface area contributed by atoms with Gasteiger partial charge in [0.1, 0.15) is 11.2 Å². The van der Waals surface area contributed by atoms with Gasteiger partial charge < -0.3 is 4.42 Å². The Morgan fingerprint density at radius 2 is 0.831 bits per heavy atom. The molecule has 0 unspecified atom stereocenters. The second kappa shape index (κ2) is 13.3. The SMILES string of the molecule is c1ccc(-c2cc(-c3ccc(-c4cccc5c4nc(-c4ccc6c7ccccc7c7ccccc7c6c4)c4c6ccccc6oc54)cc3)nc(-c3ccccc3)n2)cc1. The Labute approximate surface area is 339 Å². The van der Waals surface area contributed by atoms with Crippen molar-refractivity contribution in [1.82, 2.24) is 15.0 Å². The molecule has 4 nitrogen and oxygen atoms in total. The highest BCUT2D eigenvalue weighted by Gasteiger charge is 2.21. The van der Waals surface area contributed by atoms with Gasteiger partial charge in [0.25, 0.3) is 0 Å². The average molecular weight is 752 g/mol. The van der Waals surface area contributed by atoms with Gasteiger partial charge in [0.15, 0.2) is 5.82 Å². The molecular formula is C55H33N3O. The van der Waals surface area contributed by atoms with Gasteiger partial charge in [-0.1, -0.05) is 176 Å². The Hall–Kier alpha value is -7.95. The zero-order valence-electron chi connectivity index (χ0n) is 31.8. The van der Waals surface area contributed by atoms with E-state index < -0.39 is 0 Å². The number of hydrogen-bond donors (Lipinski definition) is 0. The molecule has 59 heavy (non-hydrogen) atoms. The Kier molecular flexibility index (Phi) is 7.50. The third-order valence-electron chi connectivity index (χ3n) is 11.7. The van der Waals surface area contributed by atoms with E-state index in [9.17, 15) is 0 Å². The van der Waals surface area contributed by atoms with E-state index >= 15 is 0 Å². The topological polar surface area (TPSA) is 51.8 Å². The fourth-order valence-corrected chi connectivity index (χ4v) is 8.87. The summed E-state index contributed by atoms with van der Waals surface area (Å²) < 4.78 is 6.75. The summed E-state index contributed by atoms with van der Waals surface area (Å²) in [5, 5.41) is 10.5. The van der Waals surface area contributed by atoms with Crippen molar-refractivity contribution in [3.05, 3.63) is 200 Å². The minimum Gasteiger partial charge on any atom is -0.455 e. The normalized spacial score (nSPS) is 11.7. The van der Waals surface area contributed by atoms with Crippen LogP contribution in [0.15, 0.2) is 205 Å². The van der Waals surface area contributed by atoms with E-state index in [0.29, 0.717) is 5.82 Å². The van der Waals surface area contributed by atoms with E-state index in [4.69, 9.17) is 19.4 Å². The van der Waals surface area contributed by atoms with Gasteiger partial charge in [0.05, 0.1) is 28.0 Å². The van der Waals surface area contributed by atoms with Gasteiger partial charge in [0.2, 0.25) is 0 Å². The largest absolute Gasteiger partial charge is 0.455 e. The van der Waals surface area contributed by atoms with Crippen molar-refractivity contribution < 1.29 is 4.42 Å². The summed E-state index contributed by atoms with van der Waals surface area (Å²) in [5.74, 6) is 0.696. The maximum absolute atomic E-state index is 6.75. The van der Waals surface area contributed by atoms with E-state index in [1.165, 1.54) is 32.3 Å². The fourth-order valence-electron chi connectivity index (χ4n) is 8.87. The Morgan fingerprint density at radius 3 is 1.51 bits per heavy atom. The van der Waals surface area contributed by atoms with E-state index in [0.717, 1.165) is 83.3 Å². The number of nitrogens with zero attached hydrogens (tertiary/aromatic N) is 3. The molecule has 0 saturated carbocycles. The Balaban J connectivity index is 1.05. The first kappa shape index (κ1) is 33.2. The zero-order valence-corrected chi connectivity index (χ0v) is 31.8. The molecule has 12 rings (SSSR count). The van der Waals surface area contributed by atoms with Crippen molar-refractivity contribution in [1.29, 1.82) is 0 Å². The van der Waals surface area contributed by atoms with Crippen molar-refractivity contribution in [2.75, 3.05) is 0 Å². The van der Waals surface area contributed by atoms with Crippen molar-refractivity contribution in [2.45, 2.75) is 0 Å². The minimum atomic E-state index is 0.696. The van der Waals surface area contributed by atoms with Gasteiger partial charge in [-0.15, -0.1) is 0 Å². The number of hydrogen-bond acceptors (Lipinski definition) is 4. The number of pyridine rings is 1. The number of fused-ring (bicyclic) bond motifs is 11. The fraction of sp³-hybridized carbons (Fsp3) is 0. The minimum absolute atomic E-state index is 0.696. The molecule has 3 heterocycles. The van der Waals surface area contributed by atoms with E-state index in [1.807, 2.05) is 48.5 Å². The summed E-state index contributed by atoms with van der Waals surface area (Å²) in [4.78, 5) is 15.7. The number of furan rings is 1. The van der Waals surface area contributed by atoms with Crippen molar-refractivity contribution in [3.63, 3.8) is 0 Å². The second-order valence-corrected chi connectivity index (χ2v) is 15.1. The monoisotopic (exact) mass is 751 g/mol. The lowest BCUT2D eigenvalue weighted by molar-refractivity contribution is 0.672. The van der Waals surface area contributed by atoms with Gasteiger partial charge in [-0.2, -0.15) is 0 Å². The number of rotatable bonds is 5. The molecule has 0 aliphatic heterocycles. The van der Waals surface area contributed by atoms with Crippen molar-refractivity contribution in [3.8, 4) is 56.3 Å². The van der Waals surface area contributed by atoms with Crippen LogP contribution in [-0.2, 0) is 0 Å². The van der Waals surface area contributed by atoms with Crippen LogP contribution in [0.1, 0.15) is 0 Å². The average Bonchev–Trinajstić information content (AvgIpc) is 3.72. The molecule has 0 spiro atoms. The molecule has 0 aliphatic rings. The summed E-state index contributed by atoms with van der Waals surface area (Å²) in [7, 11) is 0. The second-order valence-electron chi connectivity index (χ2n) is 15.1. The number of para-hydroxylation sites is 2. The lowest BCUT2D eigenvalue weighted by Crippen LogP contribution is -1.96. The summed E-state index contributed by atoms with van der Waals surface area (Å²) >= 11 is 0. The first-order chi connectivity index (χ1) is 29.2. The van der Waals surface area contributed by atoms with E-state index in [-0.39, 0.29) is 0 Å². The molecule has 3 aromatic heterocycles. The van der Waals surface area contributed by atoms with Crippen LogP contribution in [0.5, 0.6) is 0 Å². The summed E-state index contributed by atoms with van der Waals surface area (Å²) in [6.45, 7) is 0. The molecule has 0 atom stereocenters. The van der Waals surface area contributed by atoms with Gasteiger partial charge in [-0.05, 0) is 62.1 Å². The molecule has 0 bridgehead atoms. The van der Waals surface area contributed by atoms with Gasteiger partial charge >= 0.3 is 0 Å². The maximum Gasteiger partial charge on any atom is 0.160 e. The molecule has 9 aromatic carbocycles. The molecule has 12 aromatic rings. The van der Waals surface area contributed by atoms with Crippen LogP contribution in [-0.4, -0.2) is 15.0 Å². The highest BCUT2D eigenvalue weighted by molar-refractivity contribution is 6.27. The first-order valence-corrected chi connectivity index (χ1v) is 19.9. The lowest BCUT2D eigenvalue weighted by Gasteiger charge is -2.14. The predicted molar refractivity (Wildman–Crippen MR) is 244 cm³/mol. The molecule has 274 valence electrons. The lowest BCUT2D eigenvalue weighted by atomic mass is 9.92. The van der Waals surface area contributed by atoms with Crippen LogP contribution in [0.3, 0.4) is 0 Å². The molecule has 0 aliphatic carbocycles. The third-order valence-corrected chi connectivity index (χ3v) is 11.7. The highest BCUT2D eigenvalue weighted by Crippen LogP contribution is 2.44. The van der Waals surface area contributed by atoms with Gasteiger partial charge in [0, 0.05) is 38.6 Å². The van der Waals surface area contributed by atoms with Crippen LogP contribution in [0.25, 0.3) is 121 Å². The standard InChI is InChI=1S/C55H33N3O/c1-3-14-35(15-4-1)48-33-49(57-55(56-48)37-16-5-2-6-17-37)36-28-26-34(27-29-36)39-23-13-24-46-53(39)58-52(51-45-22-11-12-25-50(45)59-54(46)51)38-30-31-44-42-20-8-7-18-40(42)41-19-9-10-21-43(41)47(44)32-38/h1-33H. The Bertz CT molecular complexity index is 3500. The molecule has 0 amide bonds. The highest BCUT2D eigenvalue weighted by atomic mass is 16.3. The van der Waals surface area contributed by atoms with Crippen LogP contribution in [0.2, 0.25) is 0 Å². The van der Waals surface area contributed by atoms with E-state index in [1.54, 1.807) is 0 Å². The van der Waals surface area contributed by atoms with Crippen LogP contribution in [0, 0.1) is 0 Å². The van der Waals surface area contributed by atoms with Crippen molar-refractivity contribution in [2.24, 2.45) is 0 Å². The first-order valence-electron chi connectivity index (χ1n) is 19.9. The van der Waals surface area contributed by atoms with Crippen LogP contribution >= 0.6 is 0 Å². The summed E-state index contributed by atoms with van der Waals surface area (Å²) in [5.41, 5.74) is 11.4. The Morgan fingerprint density at radius 1 is 0.322 bits per heavy atom. The molecule has 0 radical (unpaired) electrons.